The molecule has 1 saturated carbocycles. The molecule has 1 aliphatic heterocycles. The van der Waals surface area contributed by atoms with Gasteiger partial charge in [0.15, 0.2) is 0 Å². The smallest absolute Gasteiger partial charge is 0.267 e. The van der Waals surface area contributed by atoms with Crippen LogP contribution in [0.4, 0.5) is 0 Å². The number of nitrogens with zero attached hydrogens (tertiary/aromatic N) is 2. The van der Waals surface area contributed by atoms with Crippen LogP contribution in [0.15, 0.2) is 35.4 Å². The Labute approximate surface area is 158 Å². The summed E-state index contributed by atoms with van der Waals surface area (Å²) in [7, 11) is 0. The van der Waals surface area contributed by atoms with E-state index in [1.54, 1.807) is 0 Å². The van der Waals surface area contributed by atoms with E-state index in [0.29, 0.717) is 18.1 Å². The second-order valence-electron chi connectivity index (χ2n) is 7.76. The third-order valence-corrected chi connectivity index (χ3v) is 5.71. The fourth-order valence-electron chi connectivity index (χ4n) is 4.12. The van der Waals surface area contributed by atoms with Crippen LogP contribution in [-0.2, 0) is 4.79 Å². The molecule has 1 heterocycles. The van der Waals surface area contributed by atoms with E-state index in [4.69, 9.17) is 5.10 Å². The van der Waals surface area contributed by atoms with Crippen LogP contribution in [0.2, 0.25) is 0 Å². The zero-order valence-electron chi connectivity index (χ0n) is 16.1. The molecule has 1 aliphatic carbocycles. The zero-order chi connectivity index (χ0) is 18.2. The lowest BCUT2D eigenvalue weighted by atomic mass is 9.89. The van der Waals surface area contributed by atoms with Crippen molar-refractivity contribution in [1.29, 1.82) is 0 Å². The highest BCUT2D eigenvalue weighted by atomic mass is 16.2. The normalized spacial score (nSPS) is 20.9. The number of carbonyl (C=O) groups excluding carboxylic acids is 1. The predicted molar refractivity (Wildman–Crippen MR) is 107 cm³/mol. The Kier molecular flexibility index (Phi) is 7.10. The quantitative estimate of drug-likeness (QED) is 0.688. The van der Waals surface area contributed by atoms with Crippen LogP contribution >= 0.6 is 0 Å². The minimum Gasteiger partial charge on any atom is -0.351 e. The van der Waals surface area contributed by atoms with Gasteiger partial charge in [-0.05, 0) is 30.7 Å². The number of hydrogen-bond acceptors (Lipinski definition) is 3. The molecule has 4 heteroatoms. The second-order valence-corrected chi connectivity index (χ2v) is 7.76. The molecular formula is C22H33N3O. The van der Waals surface area contributed by atoms with Crippen molar-refractivity contribution in [2.24, 2.45) is 11.0 Å². The molecule has 2 aliphatic rings. The Morgan fingerprint density at radius 2 is 1.92 bits per heavy atom. The summed E-state index contributed by atoms with van der Waals surface area (Å²) in [6.07, 6.45) is 10.7. The first-order valence-electron chi connectivity index (χ1n) is 10.4. The van der Waals surface area contributed by atoms with Crippen molar-refractivity contribution in [1.82, 2.24) is 10.3 Å². The van der Waals surface area contributed by atoms with Gasteiger partial charge in [-0.25, -0.2) is 0 Å². The lowest BCUT2D eigenvalue weighted by Gasteiger charge is -2.23. The van der Waals surface area contributed by atoms with Crippen LogP contribution < -0.4 is 5.32 Å². The fourth-order valence-corrected chi connectivity index (χ4v) is 4.12. The van der Waals surface area contributed by atoms with E-state index in [9.17, 15) is 4.79 Å². The van der Waals surface area contributed by atoms with E-state index >= 15 is 0 Å². The van der Waals surface area contributed by atoms with Crippen LogP contribution in [0.3, 0.4) is 0 Å². The maximum atomic E-state index is 12.7. The number of amides is 1. The Hall–Kier alpha value is -1.84. The van der Waals surface area contributed by atoms with Gasteiger partial charge >= 0.3 is 0 Å². The molecule has 26 heavy (non-hydrogen) atoms. The van der Waals surface area contributed by atoms with E-state index in [-0.39, 0.29) is 11.9 Å². The van der Waals surface area contributed by atoms with Crippen molar-refractivity contribution < 1.29 is 4.79 Å². The minimum absolute atomic E-state index is 0.0366. The summed E-state index contributed by atoms with van der Waals surface area (Å²) in [6.45, 7) is 3.95. The maximum Gasteiger partial charge on any atom is 0.267 e. The van der Waals surface area contributed by atoms with Crippen LogP contribution in [0, 0.1) is 5.92 Å². The highest BCUT2D eigenvalue weighted by Gasteiger charge is 2.31. The van der Waals surface area contributed by atoms with Crippen molar-refractivity contribution in [3.63, 3.8) is 0 Å². The largest absolute Gasteiger partial charge is 0.351 e. The molecule has 0 saturated heterocycles. The molecule has 4 nitrogen and oxygen atoms in total. The summed E-state index contributed by atoms with van der Waals surface area (Å²) in [5.74, 6) is 0.690. The van der Waals surface area contributed by atoms with E-state index in [0.717, 1.165) is 19.5 Å². The SMILES string of the molecule is CCCCCN1N=C(C(=O)NCC2CCCCC2)CC1c1ccccc1. The van der Waals surface area contributed by atoms with Crippen LogP contribution in [0.5, 0.6) is 0 Å². The summed E-state index contributed by atoms with van der Waals surface area (Å²) in [5.41, 5.74) is 1.95. The molecular weight excluding hydrogens is 322 g/mol. The summed E-state index contributed by atoms with van der Waals surface area (Å²) in [4.78, 5) is 12.7. The van der Waals surface area contributed by atoms with Crippen molar-refractivity contribution in [2.75, 3.05) is 13.1 Å². The first-order chi connectivity index (χ1) is 12.8. The molecule has 1 aromatic rings. The Balaban J connectivity index is 1.60. The monoisotopic (exact) mass is 355 g/mol. The number of carbonyl (C=O) groups is 1. The standard InChI is InChI=1S/C22H33N3O/c1-2-3-10-15-25-21(19-13-8-5-9-14-19)16-20(24-25)22(26)23-17-18-11-6-4-7-12-18/h5,8-9,13-14,18,21H,2-4,6-7,10-12,15-17H2,1H3,(H,23,26). The molecule has 1 atom stereocenters. The average molecular weight is 356 g/mol. The predicted octanol–water partition coefficient (Wildman–Crippen LogP) is 4.68. The van der Waals surface area contributed by atoms with Crippen molar-refractivity contribution in [3.8, 4) is 0 Å². The molecule has 1 fully saturated rings. The van der Waals surface area contributed by atoms with E-state index in [2.05, 4.69) is 41.5 Å². The first kappa shape index (κ1) is 18.9. The lowest BCUT2D eigenvalue weighted by molar-refractivity contribution is -0.115. The second kappa shape index (κ2) is 9.75. The Morgan fingerprint density at radius 3 is 2.65 bits per heavy atom. The molecule has 1 N–H and O–H groups in total. The van der Waals surface area contributed by atoms with Gasteiger partial charge in [0.1, 0.15) is 5.71 Å². The fraction of sp³-hybridized carbons (Fsp3) is 0.636. The molecule has 0 aromatic heterocycles. The summed E-state index contributed by atoms with van der Waals surface area (Å²) in [5, 5.41) is 10.0. The Morgan fingerprint density at radius 1 is 1.15 bits per heavy atom. The van der Waals surface area contributed by atoms with Gasteiger partial charge in [-0.2, -0.15) is 5.10 Å². The van der Waals surface area contributed by atoms with Gasteiger partial charge in [0, 0.05) is 19.5 Å². The first-order valence-corrected chi connectivity index (χ1v) is 10.4. The van der Waals surface area contributed by atoms with Gasteiger partial charge in [0.2, 0.25) is 0 Å². The van der Waals surface area contributed by atoms with Crippen molar-refractivity contribution in [3.05, 3.63) is 35.9 Å². The van der Waals surface area contributed by atoms with Gasteiger partial charge in [-0.3, -0.25) is 9.80 Å². The Bertz CT molecular complexity index is 593. The number of benzene rings is 1. The molecule has 0 radical (unpaired) electrons. The number of hydrazone groups is 1. The van der Waals surface area contributed by atoms with E-state index in [1.165, 1.54) is 50.5 Å². The third kappa shape index (κ3) is 5.09. The molecule has 1 aromatic carbocycles. The molecule has 0 spiro atoms. The van der Waals surface area contributed by atoms with Crippen molar-refractivity contribution >= 4 is 11.6 Å². The highest BCUT2D eigenvalue weighted by Crippen LogP contribution is 2.31. The topological polar surface area (TPSA) is 44.7 Å². The molecule has 0 bridgehead atoms. The summed E-state index contributed by atoms with van der Waals surface area (Å²) >= 11 is 0. The number of hydrogen-bond donors (Lipinski definition) is 1. The molecule has 1 amide bonds. The number of nitrogens with one attached hydrogen (secondary N) is 1. The lowest BCUT2D eigenvalue weighted by Crippen LogP contribution is -2.34. The van der Waals surface area contributed by atoms with Crippen LogP contribution in [-0.4, -0.2) is 29.7 Å². The molecule has 3 rings (SSSR count). The summed E-state index contributed by atoms with van der Waals surface area (Å²) < 4.78 is 0. The highest BCUT2D eigenvalue weighted by molar-refractivity contribution is 6.39. The third-order valence-electron chi connectivity index (χ3n) is 5.71. The van der Waals surface area contributed by atoms with Gasteiger partial charge in [-0.1, -0.05) is 69.4 Å². The van der Waals surface area contributed by atoms with Gasteiger partial charge < -0.3 is 5.32 Å². The van der Waals surface area contributed by atoms with Crippen LogP contribution in [0.25, 0.3) is 0 Å². The van der Waals surface area contributed by atoms with E-state index in [1.807, 2.05) is 6.07 Å². The summed E-state index contributed by atoms with van der Waals surface area (Å²) in [6, 6.07) is 10.7. The molecule has 1 unspecified atom stereocenters. The zero-order valence-corrected chi connectivity index (χ0v) is 16.1. The van der Waals surface area contributed by atoms with Gasteiger partial charge in [0.25, 0.3) is 5.91 Å². The van der Waals surface area contributed by atoms with Crippen LogP contribution in [0.1, 0.15) is 76.3 Å². The van der Waals surface area contributed by atoms with Crippen molar-refractivity contribution in [2.45, 2.75) is 70.8 Å². The van der Waals surface area contributed by atoms with E-state index < -0.39 is 0 Å². The maximum absolute atomic E-state index is 12.7. The average Bonchev–Trinajstić information content (AvgIpc) is 3.12. The number of unbranched alkanes of at least 4 members (excludes halogenated alkanes) is 2. The minimum atomic E-state index is 0.0366. The number of rotatable bonds is 8. The molecule has 142 valence electrons. The van der Waals surface area contributed by atoms with Gasteiger partial charge in [-0.15, -0.1) is 0 Å². The van der Waals surface area contributed by atoms with Gasteiger partial charge in [0.05, 0.1) is 6.04 Å².